The summed E-state index contributed by atoms with van der Waals surface area (Å²) in [5.41, 5.74) is 5.44. The minimum absolute atomic E-state index is 0.0455. The summed E-state index contributed by atoms with van der Waals surface area (Å²) in [5, 5.41) is 2.96. The van der Waals surface area contributed by atoms with Crippen molar-refractivity contribution in [3.63, 3.8) is 0 Å². The zero-order valence-corrected chi connectivity index (χ0v) is 21.3. The van der Waals surface area contributed by atoms with E-state index < -0.39 is 0 Å². The van der Waals surface area contributed by atoms with Crippen molar-refractivity contribution in [3.05, 3.63) is 95.7 Å². The number of rotatable bonds is 8. The third-order valence-corrected chi connectivity index (χ3v) is 6.52. The number of ether oxygens (including phenoxy) is 1. The number of carbonyl (C=O) groups excluding carboxylic acids is 2. The monoisotopic (exact) mass is 494 g/mol. The first-order chi connectivity index (χ1) is 17.9. The van der Waals surface area contributed by atoms with Gasteiger partial charge in [-0.05, 0) is 63.1 Å². The van der Waals surface area contributed by atoms with Crippen molar-refractivity contribution in [1.82, 2.24) is 14.5 Å². The summed E-state index contributed by atoms with van der Waals surface area (Å²) in [4.78, 5) is 32.9. The zero-order chi connectivity index (χ0) is 25.9. The number of hydrogen-bond donors (Lipinski definition) is 1. The molecule has 37 heavy (non-hydrogen) atoms. The van der Waals surface area contributed by atoms with Crippen LogP contribution in [0.15, 0.2) is 79.0 Å². The Labute approximate surface area is 216 Å². The molecule has 1 aliphatic rings. The summed E-state index contributed by atoms with van der Waals surface area (Å²) in [7, 11) is 1.59. The van der Waals surface area contributed by atoms with Gasteiger partial charge in [0.25, 0.3) is 5.91 Å². The highest BCUT2D eigenvalue weighted by atomic mass is 16.5. The van der Waals surface area contributed by atoms with E-state index in [9.17, 15) is 9.59 Å². The largest absolute Gasteiger partial charge is 0.497 e. The van der Waals surface area contributed by atoms with Gasteiger partial charge in [-0.1, -0.05) is 47.5 Å². The van der Waals surface area contributed by atoms with Gasteiger partial charge in [-0.25, -0.2) is 4.98 Å². The van der Waals surface area contributed by atoms with Crippen molar-refractivity contribution in [1.29, 1.82) is 0 Å². The summed E-state index contributed by atoms with van der Waals surface area (Å²) < 4.78 is 7.07. The Morgan fingerprint density at radius 3 is 2.16 bits per heavy atom. The van der Waals surface area contributed by atoms with Crippen LogP contribution >= 0.6 is 0 Å². The van der Waals surface area contributed by atoms with Gasteiger partial charge in [-0.3, -0.25) is 19.5 Å². The summed E-state index contributed by atoms with van der Waals surface area (Å²) >= 11 is 0. The molecule has 188 valence electrons. The van der Waals surface area contributed by atoms with E-state index in [-0.39, 0.29) is 24.4 Å². The Balaban J connectivity index is 1.39. The predicted molar refractivity (Wildman–Crippen MR) is 144 cm³/mol. The van der Waals surface area contributed by atoms with E-state index in [1.807, 2.05) is 73.1 Å². The number of aromatic nitrogens is 2. The van der Waals surface area contributed by atoms with Crippen LogP contribution in [-0.4, -0.2) is 46.0 Å². The first kappa shape index (κ1) is 24.3. The van der Waals surface area contributed by atoms with Gasteiger partial charge < -0.3 is 9.64 Å². The molecule has 0 bridgehead atoms. The number of imidazole rings is 1. The molecule has 2 amide bonds. The highest BCUT2D eigenvalue weighted by molar-refractivity contribution is 5.99. The standard InChI is InChI=1S/C30H30N4O3/c1-20-4-8-22(9-5-20)27-18-34(25-12-6-21(2)7-13-25)30(31-27)32-28(35)19-33(24-14-15-24)29(36)23-10-16-26(37-3)17-11-23/h4-13,16-18,24H,14-15,19H2,1-3H3,(H,31,32,35). The van der Waals surface area contributed by atoms with Crippen molar-refractivity contribution in [2.75, 3.05) is 19.0 Å². The molecule has 5 rings (SSSR count). The second-order valence-corrected chi connectivity index (χ2v) is 9.46. The molecule has 1 N–H and O–H groups in total. The first-order valence-corrected chi connectivity index (χ1v) is 12.4. The number of nitrogens with one attached hydrogen (secondary N) is 1. The van der Waals surface area contributed by atoms with Crippen LogP contribution < -0.4 is 10.1 Å². The number of benzene rings is 3. The highest BCUT2D eigenvalue weighted by Crippen LogP contribution is 2.29. The molecule has 1 aliphatic carbocycles. The van der Waals surface area contributed by atoms with Gasteiger partial charge in [0, 0.05) is 29.1 Å². The Kier molecular flexibility index (Phi) is 6.77. The van der Waals surface area contributed by atoms with Crippen LogP contribution in [0, 0.1) is 13.8 Å². The number of amides is 2. The number of methoxy groups -OCH3 is 1. The van der Waals surface area contributed by atoms with E-state index >= 15 is 0 Å². The molecule has 1 saturated carbocycles. The lowest BCUT2D eigenvalue weighted by Gasteiger charge is -2.22. The van der Waals surface area contributed by atoms with Crippen LogP contribution in [0.1, 0.15) is 34.3 Å². The van der Waals surface area contributed by atoms with Gasteiger partial charge in [-0.15, -0.1) is 0 Å². The van der Waals surface area contributed by atoms with Gasteiger partial charge in [-0.2, -0.15) is 0 Å². The summed E-state index contributed by atoms with van der Waals surface area (Å²) in [6.07, 6.45) is 3.71. The molecule has 0 spiro atoms. The second kappa shape index (κ2) is 10.3. The molecular formula is C30H30N4O3. The average Bonchev–Trinajstić information content (AvgIpc) is 3.68. The maximum absolute atomic E-state index is 13.2. The Morgan fingerprint density at radius 1 is 0.946 bits per heavy atom. The summed E-state index contributed by atoms with van der Waals surface area (Å²) in [5.74, 6) is 0.641. The molecule has 3 aromatic carbocycles. The number of aryl methyl sites for hydroxylation is 2. The van der Waals surface area contributed by atoms with E-state index in [4.69, 9.17) is 9.72 Å². The van der Waals surface area contributed by atoms with Gasteiger partial charge in [0.2, 0.25) is 11.9 Å². The Bertz CT molecular complexity index is 1400. The topological polar surface area (TPSA) is 76.5 Å². The molecule has 7 heteroatoms. The average molecular weight is 495 g/mol. The highest BCUT2D eigenvalue weighted by Gasteiger charge is 2.34. The summed E-state index contributed by atoms with van der Waals surface area (Å²) in [6.45, 7) is 4.03. The van der Waals surface area contributed by atoms with Crippen LogP contribution in [0.4, 0.5) is 5.95 Å². The van der Waals surface area contributed by atoms with Crippen LogP contribution in [0.25, 0.3) is 16.9 Å². The van der Waals surface area contributed by atoms with E-state index in [1.165, 1.54) is 0 Å². The summed E-state index contributed by atoms with van der Waals surface area (Å²) in [6, 6.07) is 23.2. The fourth-order valence-corrected chi connectivity index (χ4v) is 4.21. The minimum atomic E-state index is -0.289. The molecule has 0 aliphatic heterocycles. The van der Waals surface area contributed by atoms with E-state index in [1.54, 1.807) is 36.3 Å². The second-order valence-electron chi connectivity index (χ2n) is 9.46. The van der Waals surface area contributed by atoms with Crippen LogP contribution in [0.3, 0.4) is 0 Å². The van der Waals surface area contributed by atoms with Crippen LogP contribution in [-0.2, 0) is 4.79 Å². The lowest BCUT2D eigenvalue weighted by molar-refractivity contribution is -0.117. The number of anilines is 1. The molecule has 7 nitrogen and oxygen atoms in total. The third-order valence-electron chi connectivity index (χ3n) is 6.52. The van der Waals surface area contributed by atoms with Gasteiger partial charge in [0.15, 0.2) is 0 Å². The lowest BCUT2D eigenvalue weighted by Crippen LogP contribution is -2.39. The quantitative estimate of drug-likeness (QED) is 0.355. The molecular weight excluding hydrogens is 464 g/mol. The van der Waals surface area contributed by atoms with E-state index in [2.05, 4.69) is 5.32 Å². The van der Waals surface area contributed by atoms with Gasteiger partial charge >= 0.3 is 0 Å². The molecule has 0 saturated heterocycles. The van der Waals surface area contributed by atoms with Crippen molar-refractivity contribution < 1.29 is 14.3 Å². The van der Waals surface area contributed by atoms with Crippen LogP contribution in [0.2, 0.25) is 0 Å². The molecule has 0 atom stereocenters. The maximum Gasteiger partial charge on any atom is 0.254 e. The first-order valence-electron chi connectivity index (χ1n) is 12.4. The molecule has 1 aromatic heterocycles. The third kappa shape index (κ3) is 5.56. The van der Waals surface area contributed by atoms with Gasteiger partial charge in [0.05, 0.1) is 12.8 Å². The predicted octanol–water partition coefficient (Wildman–Crippen LogP) is 5.41. The normalized spacial score (nSPS) is 12.7. The van der Waals surface area contributed by atoms with Crippen molar-refractivity contribution >= 4 is 17.8 Å². The Hall–Kier alpha value is -4.39. The van der Waals surface area contributed by atoms with Crippen molar-refractivity contribution in [2.45, 2.75) is 32.7 Å². The zero-order valence-electron chi connectivity index (χ0n) is 21.3. The number of nitrogens with zero attached hydrogens (tertiary/aromatic N) is 3. The smallest absolute Gasteiger partial charge is 0.254 e. The molecule has 1 fully saturated rings. The van der Waals surface area contributed by atoms with E-state index in [0.717, 1.165) is 40.9 Å². The van der Waals surface area contributed by atoms with Gasteiger partial charge in [0.1, 0.15) is 12.3 Å². The van der Waals surface area contributed by atoms with Crippen molar-refractivity contribution in [2.24, 2.45) is 0 Å². The number of hydrogen-bond acceptors (Lipinski definition) is 4. The minimum Gasteiger partial charge on any atom is -0.497 e. The van der Waals surface area contributed by atoms with Crippen LogP contribution in [0.5, 0.6) is 5.75 Å². The lowest BCUT2D eigenvalue weighted by atomic mass is 10.1. The fraction of sp³-hybridized carbons (Fsp3) is 0.233. The number of carbonyl (C=O) groups is 2. The molecule has 0 unspecified atom stereocenters. The fourth-order valence-electron chi connectivity index (χ4n) is 4.21. The molecule has 0 radical (unpaired) electrons. The SMILES string of the molecule is COc1ccc(C(=O)N(CC(=O)Nc2nc(-c3ccc(C)cc3)cn2-c2ccc(C)cc2)C2CC2)cc1. The van der Waals surface area contributed by atoms with Crippen molar-refractivity contribution in [3.8, 4) is 22.7 Å². The van der Waals surface area contributed by atoms with E-state index in [0.29, 0.717) is 17.3 Å². The maximum atomic E-state index is 13.2. The molecule has 1 heterocycles. The Morgan fingerprint density at radius 2 is 1.57 bits per heavy atom. The molecule has 4 aromatic rings.